The summed E-state index contributed by atoms with van der Waals surface area (Å²) in [6, 6.07) is 1.95. The molecule has 0 saturated heterocycles. The lowest BCUT2D eigenvalue weighted by Gasteiger charge is -2.27. The van der Waals surface area contributed by atoms with Crippen LogP contribution in [0.4, 0.5) is 0 Å². The maximum atomic E-state index is 13.1. The van der Waals surface area contributed by atoms with Crippen molar-refractivity contribution in [3.63, 3.8) is 0 Å². The van der Waals surface area contributed by atoms with Gasteiger partial charge in [-0.05, 0) is 31.9 Å². The molecule has 0 aliphatic rings. The molecule has 1 aromatic carbocycles. The van der Waals surface area contributed by atoms with Gasteiger partial charge in [0.15, 0.2) is 0 Å². The van der Waals surface area contributed by atoms with Gasteiger partial charge in [-0.2, -0.15) is 12.6 Å². The Labute approximate surface area is 238 Å². The minimum absolute atomic E-state index is 0.0326. The lowest BCUT2D eigenvalue weighted by Crippen LogP contribution is -2.61. The second kappa shape index (κ2) is 18.2. The molecule has 224 valence electrons. The van der Waals surface area contributed by atoms with E-state index in [1.54, 1.807) is 30.3 Å². The summed E-state index contributed by atoms with van der Waals surface area (Å²) >= 11 is 3.92. The molecule has 15 heteroatoms. The highest BCUT2D eigenvalue weighted by atomic mass is 32.1. The third-order valence-electron chi connectivity index (χ3n) is 5.90. The number of hydrogen-bond donors (Lipinski definition) is 10. The highest BCUT2D eigenvalue weighted by molar-refractivity contribution is 7.80. The fraction of sp³-hybridized carbons (Fsp3) is 0.560. The molecular formula is C25H40N6O8S. The minimum atomic E-state index is -1.59. The van der Waals surface area contributed by atoms with E-state index in [0.717, 1.165) is 0 Å². The summed E-state index contributed by atoms with van der Waals surface area (Å²) in [6.45, 7) is 0.834. The Morgan fingerprint density at radius 1 is 0.875 bits per heavy atom. The zero-order chi connectivity index (χ0) is 30.2. The molecule has 11 N–H and O–H groups in total. The van der Waals surface area contributed by atoms with Crippen LogP contribution in [0, 0.1) is 0 Å². The van der Waals surface area contributed by atoms with Crippen molar-refractivity contribution in [2.24, 2.45) is 11.5 Å². The van der Waals surface area contributed by atoms with Gasteiger partial charge in [0, 0.05) is 12.2 Å². The maximum absolute atomic E-state index is 13.1. The van der Waals surface area contributed by atoms with Gasteiger partial charge < -0.3 is 48.1 Å². The van der Waals surface area contributed by atoms with Gasteiger partial charge in [-0.15, -0.1) is 0 Å². The molecule has 1 rings (SSSR count). The quantitative estimate of drug-likeness (QED) is 0.0619. The average molecular weight is 585 g/mol. The summed E-state index contributed by atoms with van der Waals surface area (Å²) in [5, 5.41) is 38.5. The molecule has 0 aliphatic heterocycles. The molecule has 0 aromatic heterocycles. The number of nitrogens with two attached hydrogens (primary N) is 2. The number of carbonyl (C=O) groups is 5. The fourth-order valence-electron chi connectivity index (χ4n) is 3.55. The van der Waals surface area contributed by atoms with E-state index in [-0.39, 0.29) is 12.2 Å². The average Bonchev–Trinajstić information content (AvgIpc) is 2.92. The summed E-state index contributed by atoms with van der Waals surface area (Å²) in [7, 11) is 0. The molecule has 0 bridgehead atoms. The first-order chi connectivity index (χ1) is 18.9. The zero-order valence-corrected chi connectivity index (χ0v) is 23.2. The molecule has 0 fully saturated rings. The smallest absolute Gasteiger partial charge is 0.327 e. The van der Waals surface area contributed by atoms with E-state index in [9.17, 15) is 39.3 Å². The van der Waals surface area contributed by atoms with Crippen molar-refractivity contribution in [1.29, 1.82) is 0 Å². The number of hydrogen-bond acceptors (Lipinski definition) is 10. The predicted octanol–water partition coefficient (Wildman–Crippen LogP) is -2.99. The van der Waals surface area contributed by atoms with E-state index in [1.165, 1.54) is 6.92 Å². The normalized spacial score (nSPS) is 15.4. The zero-order valence-electron chi connectivity index (χ0n) is 22.3. The van der Waals surface area contributed by atoms with Crippen LogP contribution in [0.2, 0.25) is 0 Å². The number of aliphatic hydroxyl groups excluding tert-OH is 2. The van der Waals surface area contributed by atoms with E-state index in [2.05, 4.69) is 33.9 Å². The van der Waals surface area contributed by atoms with E-state index in [0.29, 0.717) is 31.4 Å². The Bertz CT molecular complexity index is 983. The van der Waals surface area contributed by atoms with Crippen molar-refractivity contribution in [3.8, 4) is 0 Å². The van der Waals surface area contributed by atoms with Gasteiger partial charge in [0.1, 0.15) is 24.2 Å². The van der Waals surface area contributed by atoms with Gasteiger partial charge in [0.25, 0.3) is 0 Å². The first-order valence-corrected chi connectivity index (χ1v) is 13.4. The maximum Gasteiger partial charge on any atom is 0.327 e. The molecule has 4 amide bonds. The first kappa shape index (κ1) is 34.8. The number of thiol groups is 1. The van der Waals surface area contributed by atoms with Crippen LogP contribution in [0.3, 0.4) is 0 Å². The van der Waals surface area contributed by atoms with Crippen LogP contribution >= 0.6 is 12.6 Å². The number of carboxylic acid groups (broad SMARTS) is 1. The number of nitrogens with one attached hydrogen (secondary N) is 4. The van der Waals surface area contributed by atoms with Crippen molar-refractivity contribution >= 4 is 42.2 Å². The summed E-state index contributed by atoms with van der Waals surface area (Å²) in [5.74, 6) is -4.97. The largest absolute Gasteiger partial charge is 0.480 e. The molecule has 6 atom stereocenters. The second-order valence-corrected chi connectivity index (χ2v) is 9.56. The summed E-state index contributed by atoms with van der Waals surface area (Å²) in [6.07, 6.45) is 0.0642. The Morgan fingerprint density at radius 2 is 1.45 bits per heavy atom. The van der Waals surface area contributed by atoms with Crippen molar-refractivity contribution < 1.29 is 39.3 Å². The predicted molar refractivity (Wildman–Crippen MR) is 149 cm³/mol. The number of carbonyl (C=O) groups excluding carboxylic acids is 4. The van der Waals surface area contributed by atoms with Crippen LogP contribution < -0.4 is 32.7 Å². The number of rotatable bonds is 18. The molecule has 14 nitrogen and oxygen atoms in total. The molecule has 0 unspecified atom stereocenters. The van der Waals surface area contributed by atoms with Gasteiger partial charge in [-0.25, -0.2) is 4.79 Å². The third kappa shape index (κ3) is 11.9. The summed E-state index contributed by atoms with van der Waals surface area (Å²) < 4.78 is 0. The lowest BCUT2D eigenvalue weighted by atomic mass is 10.0. The van der Waals surface area contributed by atoms with Crippen LogP contribution in [0.5, 0.6) is 0 Å². The number of benzene rings is 1. The number of aliphatic hydroxyl groups is 2. The van der Waals surface area contributed by atoms with Crippen molar-refractivity contribution in [1.82, 2.24) is 21.3 Å². The number of amides is 4. The van der Waals surface area contributed by atoms with Gasteiger partial charge in [-0.1, -0.05) is 36.8 Å². The van der Waals surface area contributed by atoms with Crippen LogP contribution in [-0.2, 0) is 30.4 Å². The standard InChI is InChI=1S/C25H40N6O8S/c1-14(33)20(31-23(36)18(12-32)29-21(34)16(27)9-5-6-10-26)24(37)28-17(11-15-7-3-2-4-8-15)22(35)30-19(13-40)25(38)39/h2-4,7-8,14,16-20,32-33,40H,5-6,9-13,26-27H2,1H3,(H,28,37)(H,29,34)(H,30,35)(H,31,36)(H,38,39)/t14-,16+,17+,18+,19+,20+/m1/s1. The highest BCUT2D eigenvalue weighted by Gasteiger charge is 2.33. The first-order valence-electron chi connectivity index (χ1n) is 12.8. The molecule has 0 heterocycles. The van der Waals surface area contributed by atoms with Crippen molar-refractivity contribution in [2.75, 3.05) is 18.9 Å². The molecule has 0 radical (unpaired) electrons. The van der Waals surface area contributed by atoms with Gasteiger partial charge in [0.05, 0.1) is 18.8 Å². The summed E-state index contributed by atoms with van der Waals surface area (Å²) in [4.78, 5) is 62.6. The Kier molecular flexibility index (Phi) is 15.8. The Hall–Kier alpha value is -3.24. The van der Waals surface area contributed by atoms with Gasteiger partial charge >= 0.3 is 5.97 Å². The fourth-order valence-corrected chi connectivity index (χ4v) is 3.80. The molecule has 40 heavy (non-hydrogen) atoms. The Morgan fingerprint density at radius 3 is 1.98 bits per heavy atom. The second-order valence-electron chi connectivity index (χ2n) is 9.19. The van der Waals surface area contributed by atoms with E-state index in [4.69, 9.17) is 11.5 Å². The molecular weight excluding hydrogens is 544 g/mol. The molecule has 1 aromatic rings. The van der Waals surface area contributed by atoms with E-state index < -0.39 is 72.5 Å². The van der Waals surface area contributed by atoms with Crippen LogP contribution in [0.15, 0.2) is 30.3 Å². The monoisotopic (exact) mass is 584 g/mol. The van der Waals surface area contributed by atoms with Gasteiger partial charge in [0.2, 0.25) is 23.6 Å². The number of carboxylic acids is 1. The SMILES string of the molecule is C[C@@H](O)[C@H](NC(=O)[C@H](CO)NC(=O)[C@@H](N)CCCCN)C(=O)N[C@@H](Cc1ccccc1)C(=O)N[C@@H](CS)C(=O)O. The van der Waals surface area contributed by atoms with E-state index in [1.807, 2.05) is 0 Å². The van der Waals surface area contributed by atoms with Crippen LogP contribution in [-0.4, -0.2) is 100 Å². The van der Waals surface area contributed by atoms with Crippen molar-refractivity contribution in [2.45, 2.75) is 68.9 Å². The Balaban J connectivity index is 3.01. The van der Waals surface area contributed by atoms with E-state index >= 15 is 0 Å². The van der Waals surface area contributed by atoms with Gasteiger partial charge in [-0.3, -0.25) is 19.2 Å². The number of aliphatic carboxylic acids is 1. The topological polar surface area (TPSA) is 246 Å². The summed E-state index contributed by atoms with van der Waals surface area (Å²) in [5.41, 5.74) is 11.9. The highest BCUT2D eigenvalue weighted by Crippen LogP contribution is 2.06. The lowest BCUT2D eigenvalue weighted by molar-refractivity contribution is -0.141. The minimum Gasteiger partial charge on any atom is -0.480 e. The number of unbranched alkanes of at least 4 members (excludes halogenated alkanes) is 1. The molecule has 0 aliphatic carbocycles. The van der Waals surface area contributed by atoms with Crippen LogP contribution in [0.25, 0.3) is 0 Å². The molecule has 0 saturated carbocycles. The third-order valence-corrected chi connectivity index (χ3v) is 6.26. The molecule has 0 spiro atoms. The van der Waals surface area contributed by atoms with Crippen molar-refractivity contribution in [3.05, 3.63) is 35.9 Å². The van der Waals surface area contributed by atoms with Crippen LogP contribution in [0.1, 0.15) is 31.7 Å².